The van der Waals surface area contributed by atoms with Crippen LogP contribution in [0.15, 0.2) is 11.1 Å². The minimum Gasteiger partial charge on any atom is -0.461 e. The van der Waals surface area contributed by atoms with Crippen LogP contribution < -0.4 is 0 Å². The fraction of sp³-hybridized carbons (Fsp3) is 0.333. The fourth-order valence-electron chi connectivity index (χ4n) is 1.33. The Morgan fingerprint density at radius 3 is 3.00 bits per heavy atom. The topological polar surface area (TPSA) is 69.4 Å². The SMILES string of the molecule is CCOC(=O)c1cc(S)n2c(C)nnc2n1. The quantitative estimate of drug-likeness (QED) is 0.478. The van der Waals surface area contributed by atoms with Gasteiger partial charge in [-0.15, -0.1) is 22.8 Å². The maximum Gasteiger partial charge on any atom is 0.357 e. The molecule has 0 fully saturated rings. The summed E-state index contributed by atoms with van der Waals surface area (Å²) >= 11 is 4.25. The highest BCUT2D eigenvalue weighted by molar-refractivity contribution is 7.80. The first kappa shape index (κ1) is 10.9. The molecule has 0 spiro atoms. The van der Waals surface area contributed by atoms with E-state index < -0.39 is 5.97 Å². The minimum absolute atomic E-state index is 0.187. The maximum atomic E-state index is 11.5. The summed E-state index contributed by atoms with van der Waals surface area (Å²) in [5, 5.41) is 8.23. The van der Waals surface area contributed by atoms with Crippen molar-refractivity contribution >= 4 is 24.4 Å². The standard InChI is InChI=1S/C9H10N4O2S/c1-3-15-8(14)6-4-7(16)13-5(2)11-12-9(13)10-6/h4,16H,3H2,1-2H3. The third kappa shape index (κ3) is 1.73. The normalized spacial score (nSPS) is 10.7. The van der Waals surface area contributed by atoms with Crippen molar-refractivity contribution in [2.24, 2.45) is 0 Å². The highest BCUT2D eigenvalue weighted by Gasteiger charge is 2.13. The molecule has 0 saturated heterocycles. The molecule has 0 aliphatic rings. The van der Waals surface area contributed by atoms with Gasteiger partial charge in [-0.2, -0.15) is 0 Å². The van der Waals surface area contributed by atoms with Crippen LogP contribution in [0.1, 0.15) is 23.2 Å². The molecule has 0 aromatic carbocycles. The molecule has 2 aromatic heterocycles. The first-order valence-electron chi connectivity index (χ1n) is 4.72. The van der Waals surface area contributed by atoms with E-state index in [2.05, 4.69) is 27.8 Å². The molecule has 2 aromatic rings. The number of aromatic nitrogens is 4. The van der Waals surface area contributed by atoms with Gasteiger partial charge < -0.3 is 4.74 Å². The summed E-state index contributed by atoms with van der Waals surface area (Å²) in [5.41, 5.74) is 0.187. The number of rotatable bonds is 2. The van der Waals surface area contributed by atoms with Crippen LogP contribution >= 0.6 is 12.6 Å². The van der Waals surface area contributed by atoms with Crippen LogP contribution in [0, 0.1) is 6.92 Å². The molecule has 0 aliphatic carbocycles. The molecule has 2 heterocycles. The van der Waals surface area contributed by atoms with Crippen LogP contribution in [0.3, 0.4) is 0 Å². The molecule has 0 aliphatic heterocycles. The van der Waals surface area contributed by atoms with Crippen molar-refractivity contribution in [2.75, 3.05) is 6.61 Å². The molecule has 6 nitrogen and oxygen atoms in total. The molecule has 0 unspecified atom stereocenters. The summed E-state index contributed by atoms with van der Waals surface area (Å²) in [6.07, 6.45) is 0. The molecule has 0 saturated carbocycles. The number of ether oxygens (including phenoxy) is 1. The van der Waals surface area contributed by atoms with E-state index in [9.17, 15) is 4.79 Å². The number of esters is 1. The van der Waals surface area contributed by atoms with Gasteiger partial charge in [0.2, 0.25) is 0 Å². The van der Waals surface area contributed by atoms with E-state index in [-0.39, 0.29) is 5.69 Å². The number of aryl methyl sites for hydroxylation is 1. The number of hydrogen-bond acceptors (Lipinski definition) is 6. The van der Waals surface area contributed by atoms with Crippen LogP contribution in [0.2, 0.25) is 0 Å². The Balaban J connectivity index is 2.54. The zero-order chi connectivity index (χ0) is 11.7. The van der Waals surface area contributed by atoms with Gasteiger partial charge in [-0.1, -0.05) is 0 Å². The van der Waals surface area contributed by atoms with Crippen LogP contribution in [-0.4, -0.2) is 32.2 Å². The van der Waals surface area contributed by atoms with Crippen molar-refractivity contribution in [2.45, 2.75) is 18.9 Å². The summed E-state index contributed by atoms with van der Waals surface area (Å²) in [5.74, 6) is 0.525. The number of nitrogens with zero attached hydrogens (tertiary/aromatic N) is 4. The molecule has 7 heteroatoms. The van der Waals surface area contributed by atoms with Gasteiger partial charge in [0.1, 0.15) is 5.82 Å². The predicted molar refractivity (Wildman–Crippen MR) is 58.7 cm³/mol. The van der Waals surface area contributed by atoms with E-state index >= 15 is 0 Å². The van der Waals surface area contributed by atoms with Crippen LogP contribution in [0.4, 0.5) is 0 Å². The van der Waals surface area contributed by atoms with Crippen molar-refractivity contribution < 1.29 is 9.53 Å². The zero-order valence-corrected chi connectivity index (χ0v) is 9.73. The summed E-state index contributed by atoms with van der Waals surface area (Å²) in [7, 11) is 0. The first-order valence-corrected chi connectivity index (χ1v) is 5.17. The summed E-state index contributed by atoms with van der Waals surface area (Å²) in [6.45, 7) is 3.82. The number of thiol groups is 1. The lowest BCUT2D eigenvalue weighted by atomic mass is 10.4. The lowest BCUT2D eigenvalue weighted by Gasteiger charge is -2.03. The Hall–Kier alpha value is -1.63. The Kier molecular flexibility index (Phi) is 2.78. The van der Waals surface area contributed by atoms with E-state index in [0.29, 0.717) is 23.2 Å². The first-order chi connectivity index (χ1) is 7.63. The minimum atomic E-state index is -0.485. The Bertz CT molecular complexity index is 552. The molecule has 84 valence electrons. The number of carbonyl (C=O) groups excluding carboxylic acids is 1. The number of fused-ring (bicyclic) bond motifs is 1. The predicted octanol–water partition coefficient (Wildman–Crippen LogP) is 0.898. The van der Waals surface area contributed by atoms with Crippen molar-refractivity contribution in [1.29, 1.82) is 0 Å². The van der Waals surface area contributed by atoms with Gasteiger partial charge >= 0.3 is 5.97 Å². The van der Waals surface area contributed by atoms with Crippen LogP contribution in [0.5, 0.6) is 0 Å². The second kappa shape index (κ2) is 4.09. The van der Waals surface area contributed by atoms with Gasteiger partial charge in [0.15, 0.2) is 5.69 Å². The molecule has 16 heavy (non-hydrogen) atoms. The Morgan fingerprint density at radius 2 is 2.31 bits per heavy atom. The van der Waals surface area contributed by atoms with Gasteiger partial charge in [0.25, 0.3) is 5.78 Å². The third-order valence-corrected chi connectivity index (χ3v) is 2.34. The molecule has 2 rings (SSSR count). The van der Waals surface area contributed by atoms with Crippen LogP contribution in [0.25, 0.3) is 5.78 Å². The summed E-state index contributed by atoms with van der Waals surface area (Å²) in [4.78, 5) is 15.5. The van der Waals surface area contributed by atoms with Gasteiger partial charge in [0, 0.05) is 6.07 Å². The highest BCUT2D eigenvalue weighted by Crippen LogP contribution is 2.12. The molecule has 0 bridgehead atoms. The monoisotopic (exact) mass is 238 g/mol. The highest BCUT2D eigenvalue weighted by atomic mass is 32.1. The average Bonchev–Trinajstić information content (AvgIpc) is 2.61. The lowest BCUT2D eigenvalue weighted by Crippen LogP contribution is -2.09. The van der Waals surface area contributed by atoms with Gasteiger partial charge in [-0.25, -0.2) is 9.78 Å². The molecular weight excluding hydrogens is 228 g/mol. The van der Waals surface area contributed by atoms with Crippen molar-refractivity contribution in [3.8, 4) is 0 Å². The van der Waals surface area contributed by atoms with Crippen molar-refractivity contribution in [3.05, 3.63) is 17.6 Å². The van der Waals surface area contributed by atoms with E-state index in [1.807, 2.05) is 0 Å². The van der Waals surface area contributed by atoms with Gasteiger partial charge in [-0.05, 0) is 13.8 Å². The van der Waals surface area contributed by atoms with E-state index in [1.165, 1.54) is 6.07 Å². The van der Waals surface area contributed by atoms with E-state index in [1.54, 1.807) is 18.2 Å². The lowest BCUT2D eigenvalue weighted by molar-refractivity contribution is 0.0519. The molecule has 0 radical (unpaired) electrons. The van der Waals surface area contributed by atoms with Gasteiger partial charge in [-0.3, -0.25) is 4.40 Å². The van der Waals surface area contributed by atoms with Crippen molar-refractivity contribution in [3.63, 3.8) is 0 Å². The maximum absolute atomic E-state index is 11.5. The molecular formula is C9H10N4O2S. The Labute approximate surface area is 97.1 Å². The fourth-order valence-corrected chi connectivity index (χ4v) is 1.68. The van der Waals surface area contributed by atoms with E-state index in [0.717, 1.165) is 0 Å². The third-order valence-electron chi connectivity index (χ3n) is 2.01. The number of hydrogen-bond donors (Lipinski definition) is 1. The second-order valence-corrected chi connectivity index (χ2v) is 3.56. The molecule has 0 N–H and O–H groups in total. The number of carbonyl (C=O) groups is 1. The smallest absolute Gasteiger partial charge is 0.357 e. The van der Waals surface area contributed by atoms with Gasteiger partial charge in [0.05, 0.1) is 11.6 Å². The molecule has 0 atom stereocenters. The van der Waals surface area contributed by atoms with Crippen molar-refractivity contribution in [1.82, 2.24) is 19.6 Å². The zero-order valence-electron chi connectivity index (χ0n) is 8.84. The Morgan fingerprint density at radius 1 is 1.56 bits per heavy atom. The second-order valence-electron chi connectivity index (χ2n) is 3.10. The summed E-state index contributed by atoms with van der Waals surface area (Å²) in [6, 6.07) is 1.53. The van der Waals surface area contributed by atoms with E-state index in [4.69, 9.17) is 4.74 Å². The average molecular weight is 238 g/mol. The van der Waals surface area contributed by atoms with Crippen LogP contribution in [-0.2, 0) is 4.74 Å². The summed E-state index contributed by atoms with van der Waals surface area (Å²) < 4.78 is 6.49. The largest absolute Gasteiger partial charge is 0.461 e. The molecule has 0 amide bonds.